The minimum Gasteiger partial charge on any atom is -0.468 e. The van der Waals surface area contributed by atoms with E-state index in [-0.39, 0.29) is 11.6 Å². The van der Waals surface area contributed by atoms with Gasteiger partial charge in [-0.15, -0.1) is 0 Å². The zero-order valence-electron chi connectivity index (χ0n) is 11.2. The lowest BCUT2D eigenvalue weighted by atomic mass is 9.81. The van der Waals surface area contributed by atoms with Gasteiger partial charge in [0.15, 0.2) is 0 Å². The number of carbonyl (C=O) groups is 1. The summed E-state index contributed by atoms with van der Waals surface area (Å²) in [5.41, 5.74) is -0.957. The van der Waals surface area contributed by atoms with E-state index in [0.717, 1.165) is 0 Å². The van der Waals surface area contributed by atoms with Crippen molar-refractivity contribution in [2.75, 3.05) is 34.0 Å². The maximum atomic E-state index is 12.0. The normalized spacial score (nSPS) is 27.8. The summed E-state index contributed by atoms with van der Waals surface area (Å²) in [5, 5.41) is 3.26. The van der Waals surface area contributed by atoms with Crippen LogP contribution < -0.4 is 5.32 Å². The van der Waals surface area contributed by atoms with Crippen molar-refractivity contribution >= 4 is 5.97 Å². The maximum Gasteiger partial charge on any atom is 0.326 e. The number of hydrogen-bond donors (Lipinski definition) is 1. The molecule has 0 aromatic carbocycles. The Labute approximate surface area is 103 Å². The topological polar surface area (TPSA) is 56.8 Å². The van der Waals surface area contributed by atoms with E-state index >= 15 is 0 Å². The van der Waals surface area contributed by atoms with Gasteiger partial charge >= 0.3 is 5.97 Å². The molecule has 1 fully saturated rings. The molecule has 1 atom stereocenters. The van der Waals surface area contributed by atoms with Gasteiger partial charge in [0.25, 0.3) is 0 Å². The molecule has 1 rings (SSSR count). The molecule has 17 heavy (non-hydrogen) atoms. The highest BCUT2D eigenvalue weighted by atomic mass is 16.5. The van der Waals surface area contributed by atoms with E-state index in [1.807, 2.05) is 13.8 Å². The molecule has 5 nitrogen and oxygen atoms in total. The quantitative estimate of drug-likeness (QED) is 0.571. The minimum atomic E-state index is -0.644. The molecule has 1 unspecified atom stereocenters. The average molecular weight is 245 g/mol. The fraction of sp³-hybridized carbons (Fsp3) is 0.917. The Morgan fingerprint density at radius 1 is 1.41 bits per heavy atom. The van der Waals surface area contributed by atoms with Crippen LogP contribution in [0.4, 0.5) is 0 Å². The van der Waals surface area contributed by atoms with Gasteiger partial charge in [-0.05, 0) is 20.3 Å². The van der Waals surface area contributed by atoms with E-state index in [1.165, 1.54) is 7.11 Å². The molecule has 0 aliphatic carbocycles. The highest BCUT2D eigenvalue weighted by Gasteiger charge is 2.46. The number of methoxy groups -OCH3 is 2. The molecule has 1 aliphatic rings. The van der Waals surface area contributed by atoms with Crippen molar-refractivity contribution in [3.05, 3.63) is 0 Å². The maximum absolute atomic E-state index is 12.0. The number of rotatable bonds is 5. The summed E-state index contributed by atoms with van der Waals surface area (Å²) in [6.45, 7) is 5.73. The summed E-state index contributed by atoms with van der Waals surface area (Å²) in [5.74, 6) is -0.218. The van der Waals surface area contributed by atoms with Crippen LogP contribution in [0.3, 0.4) is 0 Å². The van der Waals surface area contributed by atoms with Crippen LogP contribution >= 0.6 is 0 Å². The second kappa shape index (κ2) is 5.80. The van der Waals surface area contributed by atoms with Gasteiger partial charge in [0, 0.05) is 26.7 Å². The van der Waals surface area contributed by atoms with Crippen molar-refractivity contribution in [3.63, 3.8) is 0 Å². The average Bonchev–Trinajstić information content (AvgIpc) is 2.27. The zero-order valence-corrected chi connectivity index (χ0v) is 11.2. The molecule has 1 heterocycles. The Hall–Kier alpha value is -0.650. The molecule has 0 spiro atoms. The molecular weight excluding hydrogens is 222 g/mol. The molecule has 1 N–H and O–H groups in total. The van der Waals surface area contributed by atoms with Crippen molar-refractivity contribution in [1.82, 2.24) is 5.32 Å². The van der Waals surface area contributed by atoms with Crippen LogP contribution in [0, 0.1) is 0 Å². The van der Waals surface area contributed by atoms with Crippen LogP contribution in [0.2, 0.25) is 0 Å². The van der Waals surface area contributed by atoms with Gasteiger partial charge in [0.05, 0.1) is 19.3 Å². The van der Waals surface area contributed by atoms with Crippen molar-refractivity contribution in [1.29, 1.82) is 0 Å². The molecule has 0 bridgehead atoms. The first-order valence-corrected chi connectivity index (χ1v) is 5.92. The van der Waals surface area contributed by atoms with Crippen molar-refractivity contribution in [2.24, 2.45) is 0 Å². The third-order valence-electron chi connectivity index (χ3n) is 3.09. The SMILES string of the molecule is COCCNC1(C(=O)OC)CCOC(C)(C)C1. The van der Waals surface area contributed by atoms with Crippen LogP contribution in [0.15, 0.2) is 0 Å². The highest BCUT2D eigenvalue weighted by molar-refractivity contribution is 5.81. The van der Waals surface area contributed by atoms with Gasteiger partial charge in [-0.3, -0.25) is 10.1 Å². The van der Waals surface area contributed by atoms with E-state index in [9.17, 15) is 4.79 Å². The Bertz CT molecular complexity index is 267. The summed E-state index contributed by atoms with van der Waals surface area (Å²) in [7, 11) is 3.06. The summed E-state index contributed by atoms with van der Waals surface area (Å²) in [6, 6.07) is 0. The first kappa shape index (κ1) is 14.4. The fourth-order valence-corrected chi connectivity index (χ4v) is 2.35. The van der Waals surface area contributed by atoms with E-state index in [0.29, 0.717) is 32.6 Å². The van der Waals surface area contributed by atoms with Gasteiger partial charge in [0.2, 0.25) is 0 Å². The summed E-state index contributed by atoms with van der Waals surface area (Å²) in [4.78, 5) is 12.0. The summed E-state index contributed by atoms with van der Waals surface area (Å²) in [6.07, 6.45) is 1.24. The monoisotopic (exact) mass is 245 g/mol. The molecule has 100 valence electrons. The van der Waals surface area contributed by atoms with E-state index in [4.69, 9.17) is 14.2 Å². The number of esters is 1. The lowest BCUT2D eigenvalue weighted by Gasteiger charge is -2.43. The molecule has 0 saturated carbocycles. The Morgan fingerprint density at radius 3 is 2.65 bits per heavy atom. The molecule has 0 aromatic heterocycles. The number of hydrogen-bond acceptors (Lipinski definition) is 5. The van der Waals surface area contributed by atoms with Gasteiger partial charge in [0.1, 0.15) is 5.54 Å². The van der Waals surface area contributed by atoms with Crippen LogP contribution in [0.5, 0.6) is 0 Å². The molecule has 0 radical (unpaired) electrons. The van der Waals surface area contributed by atoms with E-state index < -0.39 is 5.54 Å². The molecule has 0 amide bonds. The third kappa shape index (κ3) is 3.66. The van der Waals surface area contributed by atoms with Crippen LogP contribution in [0.25, 0.3) is 0 Å². The summed E-state index contributed by atoms with van der Waals surface area (Å²) < 4.78 is 15.6. The second-order valence-electron chi connectivity index (χ2n) is 5.03. The number of ether oxygens (including phenoxy) is 3. The van der Waals surface area contributed by atoms with Gasteiger partial charge in [-0.2, -0.15) is 0 Å². The van der Waals surface area contributed by atoms with Crippen molar-refractivity contribution < 1.29 is 19.0 Å². The Kier molecular flexibility index (Phi) is 4.91. The molecular formula is C12H23NO4. The van der Waals surface area contributed by atoms with Crippen molar-refractivity contribution in [2.45, 2.75) is 37.8 Å². The minimum absolute atomic E-state index is 0.218. The van der Waals surface area contributed by atoms with Crippen molar-refractivity contribution in [3.8, 4) is 0 Å². The second-order valence-corrected chi connectivity index (χ2v) is 5.03. The highest BCUT2D eigenvalue weighted by Crippen LogP contribution is 2.32. The van der Waals surface area contributed by atoms with Gasteiger partial charge < -0.3 is 14.2 Å². The smallest absolute Gasteiger partial charge is 0.326 e. The Morgan fingerprint density at radius 2 is 2.12 bits per heavy atom. The predicted octanol–water partition coefficient (Wildman–Crippen LogP) is 0.723. The molecule has 1 aliphatic heterocycles. The predicted molar refractivity (Wildman–Crippen MR) is 63.9 cm³/mol. The standard InChI is InChI=1S/C12H23NO4/c1-11(2)9-12(5-7-17-11,10(14)16-4)13-6-8-15-3/h13H,5-9H2,1-4H3. The first-order chi connectivity index (χ1) is 7.96. The lowest BCUT2D eigenvalue weighted by Crippen LogP contribution is -2.60. The number of nitrogens with one attached hydrogen (secondary N) is 1. The van der Waals surface area contributed by atoms with E-state index in [2.05, 4.69) is 5.32 Å². The Balaban J connectivity index is 2.74. The molecule has 0 aromatic rings. The van der Waals surface area contributed by atoms with Gasteiger partial charge in [-0.1, -0.05) is 0 Å². The van der Waals surface area contributed by atoms with Crippen LogP contribution in [-0.4, -0.2) is 51.1 Å². The molecule has 1 saturated heterocycles. The molecule has 5 heteroatoms. The van der Waals surface area contributed by atoms with Crippen LogP contribution in [0.1, 0.15) is 26.7 Å². The van der Waals surface area contributed by atoms with Crippen LogP contribution in [-0.2, 0) is 19.0 Å². The largest absolute Gasteiger partial charge is 0.468 e. The first-order valence-electron chi connectivity index (χ1n) is 5.92. The number of carbonyl (C=O) groups excluding carboxylic acids is 1. The third-order valence-corrected chi connectivity index (χ3v) is 3.09. The summed E-state index contributed by atoms with van der Waals surface area (Å²) >= 11 is 0. The fourth-order valence-electron chi connectivity index (χ4n) is 2.35. The zero-order chi connectivity index (χ0) is 12.9. The van der Waals surface area contributed by atoms with Gasteiger partial charge in [-0.25, -0.2) is 0 Å². The van der Waals surface area contributed by atoms with E-state index in [1.54, 1.807) is 7.11 Å². The lowest BCUT2D eigenvalue weighted by molar-refractivity contribution is -0.161.